The van der Waals surface area contributed by atoms with Crippen LogP contribution in [0.15, 0.2) is 41.5 Å². The Morgan fingerprint density at radius 3 is 2.63 bits per heavy atom. The Bertz CT molecular complexity index is 1360. The molecule has 0 saturated carbocycles. The zero-order valence-electron chi connectivity index (χ0n) is 20.1. The van der Waals surface area contributed by atoms with Crippen LogP contribution in [0.1, 0.15) is 61.0 Å². The topological polar surface area (TPSA) is 109 Å². The van der Waals surface area contributed by atoms with Gasteiger partial charge in [0.2, 0.25) is 17.3 Å². The number of nitrogens with one attached hydrogen (secondary N) is 2. The van der Waals surface area contributed by atoms with E-state index in [4.69, 9.17) is 0 Å². The highest BCUT2D eigenvalue weighted by molar-refractivity contribution is 5.97. The van der Waals surface area contributed by atoms with Crippen LogP contribution in [0.3, 0.4) is 0 Å². The molecule has 1 saturated heterocycles. The fourth-order valence-electron chi connectivity index (χ4n) is 5.32. The van der Waals surface area contributed by atoms with Crippen LogP contribution in [0.5, 0.6) is 0 Å². The molecule has 0 spiro atoms. The molecular formula is C26H30N6O3. The molecule has 2 N–H and O–H groups in total. The average molecular weight is 475 g/mol. The van der Waals surface area contributed by atoms with E-state index in [1.807, 2.05) is 35.8 Å². The second kappa shape index (κ2) is 9.13. The summed E-state index contributed by atoms with van der Waals surface area (Å²) < 4.78 is 1.81. The molecule has 0 bridgehead atoms. The molecule has 3 heterocycles. The normalized spacial score (nSPS) is 19.4. The van der Waals surface area contributed by atoms with Gasteiger partial charge in [0.15, 0.2) is 0 Å². The number of anilines is 1. The summed E-state index contributed by atoms with van der Waals surface area (Å²) in [6, 6.07) is 7.77. The number of hydrogen-bond acceptors (Lipinski definition) is 6. The summed E-state index contributed by atoms with van der Waals surface area (Å²) >= 11 is 0. The molecular weight excluding hydrogens is 444 g/mol. The van der Waals surface area contributed by atoms with Crippen LogP contribution in [0, 0.1) is 0 Å². The van der Waals surface area contributed by atoms with Crippen molar-refractivity contribution in [2.24, 2.45) is 0 Å². The van der Waals surface area contributed by atoms with Gasteiger partial charge in [-0.25, -0.2) is 4.98 Å². The van der Waals surface area contributed by atoms with Crippen molar-refractivity contribution in [3.8, 4) is 0 Å². The molecule has 1 aliphatic carbocycles. The van der Waals surface area contributed by atoms with Gasteiger partial charge in [-0.05, 0) is 44.6 Å². The van der Waals surface area contributed by atoms with E-state index in [1.165, 1.54) is 13.1 Å². The Balaban J connectivity index is 1.56. The zero-order valence-corrected chi connectivity index (χ0v) is 20.1. The molecule has 1 aromatic carbocycles. The van der Waals surface area contributed by atoms with Gasteiger partial charge < -0.3 is 20.1 Å². The van der Waals surface area contributed by atoms with Gasteiger partial charge in [-0.3, -0.25) is 14.4 Å². The van der Waals surface area contributed by atoms with Crippen LogP contribution < -0.4 is 21.0 Å². The Hall–Kier alpha value is -3.75. The highest BCUT2D eigenvalue weighted by atomic mass is 16.2. The van der Waals surface area contributed by atoms with E-state index < -0.39 is 17.0 Å². The maximum Gasteiger partial charge on any atom is 0.258 e. The summed E-state index contributed by atoms with van der Waals surface area (Å²) in [5.74, 6) is -0.181. The molecule has 2 aliphatic rings. The van der Waals surface area contributed by atoms with E-state index in [1.54, 1.807) is 6.20 Å². The molecule has 35 heavy (non-hydrogen) atoms. The number of rotatable bonds is 5. The molecule has 182 valence electrons. The number of fused-ring (bicyclic) bond motifs is 2. The first-order chi connectivity index (χ1) is 16.9. The van der Waals surface area contributed by atoms with Crippen LogP contribution in [0.2, 0.25) is 0 Å². The number of pyridine rings is 1. The van der Waals surface area contributed by atoms with E-state index in [2.05, 4.69) is 25.5 Å². The standard InChI is InChI=1S/C26H30N6O3/c1-3-31-16-20(22(34)19-15-27-25(28-23(19)31)32-13-6-7-14-32)24(35)30-26(29-17(2)33)12-8-10-18-9-4-5-11-21(18)26/h4-5,9,11,15-16H,3,6-8,10,12-14H2,1-2H3,(H,29,33)(H,30,35). The van der Waals surface area contributed by atoms with Gasteiger partial charge in [0.25, 0.3) is 5.91 Å². The predicted molar refractivity (Wildman–Crippen MR) is 133 cm³/mol. The lowest BCUT2D eigenvalue weighted by Crippen LogP contribution is -2.59. The van der Waals surface area contributed by atoms with Gasteiger partial charge >= 0.3 is 0 Å². The first kappa shape index (κ1) is 23.0. The lowest BCUT2D eigenvalue weighted by atomic mass is 9.82. The first-order valence-corrected chi connectivity index (χ1v) is 12.3. The molecule has 0 radical (unpaired) electrons. The van der Waals surface area contributed by atoms with Gasteiger partial charge in [0, 0.05) is 44.5 Å². The summed E-state index contributed by atoms with van der Waals surface area (Å²) in [4.78, 5) is 50.4. The molecule has 9 nitrogen and oxygen atoms in total. The number of aromatic nitrogens is 3. The van der Waals surface area contributed by atoms with E-state index in [0.717, 1.165) is 49.9 Å². The zero-order chi connectivity index (χ0) is 24.6. The van der Waals surface area contributed by atoms with Gasteiger partial charge in [0.1, 0.15) is 16.9 Å². The second-order valence-corrected chi connectivity index (χ2v) is 9.31. The Kier molecular flexibility index (Phi) is 6.00. The third kappa shape index (κ3) is 4.15. The van der Waals surface area contributed by atoms with Crippen molar-refractivity contribution in [3.05, 3.63) is 63.6 Å². The average Bonchev–Trinajstić information content (AvgIpc) is 3.39. The minimum absolute atomic E-state index is 0.00431. The third-order valence-corrected chi connectivity index (χ3v) is 6.97. The molecule has 2 amide bonds. The van der Waals surface area contributed by atoms with Gasteiger partial charge in [0.05, 0.1) is 5.39 Å². The number of hydrogen-bond donors (Lipinski definition) is 2. The fourth-order valence-corrected chi connectivity index (χ4v) is 5.32. The molecule has 3 aromatic rings. The number of amides is 2. The summed E-state index contributed by atoms with van der Waals surface area (Å²) in [5.41, 5.74) is 0.948. The van der Waals surface area contributed by atoms with Crippen LogP contribution >= 0.6 is 0 Å². The molecule has 1 unspecified atom stereocenters. The van der Waals surface area contributed by atoms with Gasteiger partial charge in [-0.2, -0.15) is 4.98 Å². The second-order valence-electron chi connectivity index (χ2n) is 9.31. The van der Waals surface area contributed by atoms with Gasteiger partial charge in [-0.15, -0.1) is 0 Å². The van der Waals surface area contributed by atoms with E-state index in [0.29, 0.717) is 29.9 Å². The van der Waals surface area contributed by atoms with Crippen molar-refractivity contribution < 1.29 is 9.59 Å². The highest BCUT2D eigenvalue weighted by Gasteiger charge is 2.39. The van der Waals surface area contributed by atoms with Crippen LogP contribution in [0.25, 0.3) is 11.0 Å². The quantitative estimate of drug-likeness (QED) is 0.550. The van der Waals surface area contributed by atoms with Crippen LogP contribution in [-0.4, -0.2) is 39.4 Å². The van der Waals surface area contributed by atoms with Crippen LogP contribution in [0.4, 0.5) is 5.95 Å². The molecule has 1 aliphatic heterocycles. The number of nitrogens with zero attached hydrogens (tertiary/aromatic N) is 4. The molecule has 2 aromatic heterocycles. The SMILES string of the molecule is CCn1cc(C(=O)NC2(NC(C)=O)CCCc3ccccc32)c(=O)c2cnc(N3CCCC3)nc21. The lowest BCUT2D eigenvalue weighted by Gasteiger charge is -2.40. The van der Waals surface area contributed by atoms with Crippen molar-refractivity contribution in [1.29, 1.82) is 0 Å². The Labute approximate surface area is 203 Å². The first-order valence-electron chi connectivity index (χ1n) is 12.3. The maximum absolute atomic E-state index is 13.6. The lowest BCUT2D eigenvalue weighted by molar-refractivity contribution is -0.121. The molecule has 9 heteroatoms. The number of carbonyl (C=O) groups is 2. The highest BCUT2D eigenvalue weighted by Crippen LogP contribution is 2.33. The van der Waals surface area contributed by atoms with E-state index in [-0.39, 0.29) is 11.5 Å². The number of benzene rings is 1. The van der Waals surface area contributed by atoms with Gasteiger partial charge in [-0.1, -0.05) is 24.3 Å². The summed E-state index contributed by atoms with van der Waals surface area (Å²) in [6.07, 6.45) is 7.48. The smallest absolute Gasteiger partial charge is 0.258 e. The molecule has 1 atom stereocenters. The summed E-state index contributed by atoms with van der Waals surface area (Å²) in [5, 5.41) is 6.29. The number of carbonyl (C=O) groups excluding carboxylic acids is 2. The van der Waals surface area contributed by atoms with Crippen molar-refractivity contribution in [3.63, 3.8) is 0 Å². The summed E-state index contributed by atoms with van der Waals surface area (Å²) in [6.45, 7) is 5.71. The van der Waals surface area contributed by atoms with Crippen molar-refractivity contribution >= 4 is 28.8 Å². The van der Waals surface area contributed by atoms with Crippen LogP contribution in [-0.2, 0) is 23.4 Å². The summed E-state index contributed by atoms with van der Waals surface area (Å²) in [7, 11) is 0. The minimum atomic E-state index is -1.08. The predicted octanol–water partition coefficient (Wildman–Crippen LogP) is 2.47. The van der Waals surface area contributed by atoms with Crippen molar-refractivity contribution in [2.45, 2.75) is 58.2 Å². The Morgan fingerprint density at radius 2 is 1.89 bits per heavy atom. The van der Waals surface area contributed by atoms with E-state index >= 15 is 0 Å². The van der Waals surface area contributed by atoms with Crippen molar-refractivity contribution in [1.82, 2.24) is 25.2 Å². The third-order valence-electron chi connectivity index (χ3n) is 6.97. The Morgan fingerprint density at radius 1 is 1.11 bits per heavy atom. The van der Waals surface area contributed by atoms with Crippen molar-refractivity contribution in [2.75, 3.05) is 18.0 Å². The molecule has 1 fully saturated rings. The monoisotopic (exact) mass is 474 g/mol. The largest absolute Gasteiger partial charge is 0.341 e. The molecule has 5 rings (SSSR count). The fraction of sp³-hybridized carbons (Fsp3) is 0.423. The number of aryl methyl sites for hydroxylation is 2. The van der Waals surface area contributed by atoms with E-state index in [9.17, 15) is 14.4 Å². The maximum atomic E-state index is 13.6. The minimum Gasteiger partial charge on any atom is -0.341 e.